The third-order valence-electron chi connectivity index (χ3n) is 2.70. The van der Waals surface area contributed by atoms with E-state index in [0.29, 0.717) is 0 Å². The molecule has 0 amide bonds. The van der Waals surface area contributed by atoms with E-state index >= 15 is 0 Å². The van der Waals surface area contributed by atoms with E-state index in [1.807, 2.05) is 42.6 Å². The topological polar surface area (TPSA) is 54.6 Å². The summed E-state index contributed by atoms with van der Waals surface area (Å²) in [5.74, 6) is -0.812. The van der Waals surface area contributed by atoms with Gasteiger partial charge in [0, 0.05) is 17.8 Å². The Labute approximate surface area is 93.5 Å². The molecule has 1 unspecified atom stereocenters. The Morgan fingerprint density at radius 2 is 2.31 bits per heavy atom. The number of carbonyl (C=O) groups is 1. The molecule has 0 aliphatic heterocycles. The average Bonchev–Trinajstić information content (AvgIpc) is 2.52. The molecule has 2 heterocycles. The summed E-state index contributed by atoms with van der Waals surface area (Å²) in [5, 5.41) is 8.82. The number of rotatable bonds is 3. The maximum atomic E-state index is 10.7. The lowest BCUT2D eigenvalue weighted by molar-refractivity contribution is -0.137. The van der Waals surface area contributed by atoms with Gasteiger partial charge < -0.3 is 9.51 Å². The summed E-state index contributed by atoms with van der Waals surface area (Å²) in [5.41, 5.74) is 2.75. The molecule has 0 aromatic carbocycles. The standard InChI is InChI=1S/C12H14N2O2/c1-8(7-11(15)16)12-9(2)13-10-5-3-4-6-14(10)12/h3-6,8H,7H2,1-2H3,(H,15,16). The van der Waals surface area contributed by atoms with Crippen molar-refractivity contribution in [3.8, 4) is 0 Å². The number of nitrogens with zero attached hydrogens (tertiary/aromatic N) is 2. The zero-order valence-electron chi connectivity index (χ0n) is 9.34. The monoisotopic (exact) mass is 218 g/mol. The van der Waals surface area contributed by atoms with Gasteiger partial charge in [-0.3, -0.25) is 4.79 Å². The Hall–Kier alpha value is -1.84. The summed E-state index contributed by atoms with van der Waals surface area (Å²) < 4.78 is 1.96. The second kappa shape index (κ2) is 3.96. The highest BCUT2D eigenvalue weighted by Crippen LogP contribution is 2.23. The second-order valence-corrected chi connectivity index (χ2v) is 4.01. The third kappa shape index (κ3) is 1.78. The molecule has 4 heteroatoms. The lowest BCUT2D eigenvalue weighted by Crippen LogP contribution is -2.06. The van der Waals surface area contributed by atoms with Gasteiger partial charge in [-0.15, -0.1) is 0 Å². The summed E-state index contributed by atoms with van der Waals surface area (Å²) in [6.45, 7) is 3.83. The van der Waals surface area contributed by atoms with E-state index in [1.54, 1.807) is 0 Å². The van der Waals surface area contributed by atoms with Gasteiger partial charge in [0.1, 0.15) is 5.65 Å². The van der Waals surface area contributed by atoms with Crippen molar-refractivity contribution in [2.75, 3.05) is 0 Å². The van der Waals surface area contributed by atoms with Crippen molar-refractivity contribution in [1.82, 2.24) is 9.38 Å². The smallest absolute Gasteiger partial charge is 0.304 e. The minimum absolute atomic E-state index is 0.0325. The van der Waals surface area contributed by atoms with Crippen LogP contribution < -0.4 is 0 Å². The van der Waals surface area contributed by atoms with Gasteiger partial charge in [-0.1, -0.05) is 13.0 Å². The molecule has 0 saturated heterocycles. The van der Waals surface area contributed by atoms with Crippen molar-refractivity contribution in [2.24, 2.45) is 0 Å². The number of fused-ring (bicyclic) bond motifs is 1. The van der Waals surface area contributed by atoms with Crippen LogP contribution in [0.15, 0.2) is 24.4 Å². The lowest BCUT2D eigenvalue weighted by Gasteiger charge is -2.09. The number of carboxylic acid groups (broad SMARTS) is 1. The fourth-order valence-electron chi connectivity index (χ4n) is 2.08. The Kier molecular flexibility index (Phi) is 2.64. The van der Waals surface area contributed by atoms with Crippen molar-refractivity contribution in [1.29, 1.82) is 0 Å². The van der Waals surface area contributed by atoms with Crippen LogP contribution in [0.5, 0.6) is 0 Å². The van der Waals surface area contributed by atoms with Crippen LogP contribution in [0.4, 0.5) is 0 Å². The van der Waals surface area contributed by atoms with E-state index in [4.69, 9.17) is 5.11 Å². The van der Waals surface area contributed by atoms with Gasteiger partial charge in [-0.05, 0) is 19.1 Å². The average molecular weight is 218 g/mol. The summed E-state index contributed by atoms with van der Waals surface area (Å²) in [7, 11) is 0. The molecular weight excluding hydrogens is 204 g/mol. The number of imidazole rings is 1. The highest BCUT2D eigenvalue weighted by Gasteiger charge is 2.17. The Balaban J connectivity index is 2.50. The fourth-order valence-corrected chi connectivity index (χ4v) is 2.08. The Morgan fingerprint density at radius 3 is 3.00 bits per heavy atom. The van der Waals surface area contributed by atoms with E-state index in [2.05, 4.69) is 4.98 Å². The molecule has 0 fully saturated rings. The summed E-state index contributed by atoms with van der Waals surface area (Å²) >= 11 is 0. The highest BCUT2D eigenvalue weighted by molar-refractivity contribution is 5.68. The van der Waals surface area contributed by atoms with Crippen LogP contribution in [-0.4, -0.2) is 20.5 Å². The molecule has 0 aliphatic rings. The zero-order valence-corrected chi connectivity index (χ0v) is 9.34. The quantitative estimate of drug-likeness (QED) is 0.859. The van der Waals surface area contributed by atoms with Gasteiger partial charge in [0.2, 0.25) is 0 Å². The van der Waals surface area contributed by atoms with E-state index in [1.165, 1.54) is 0 Å². The SMILES string of the molecule is Cc1nc2ccccn2c1C(C)CC(=O)O. The lowest BCUT2D eigenvalue weighted by atomic mass is 10.0. The van der Waals surface area contributed by atoms with Crippen molar-refractivity contribution < 1.29 is 9.90 Å². The number of aliphatic carboxylic acids is 1. The Bertz CT molecular complexity index is 531. The van der Waals surface area contributed by atoms with Crippen molar-refractivity contribution in [2.45, 2.75) is 26.2 Å². The number of carboxylic acids is 1. The largest absolute Gasteiger partial charge is 0.481 e. The molecule has 0 spiro atoms. The fraction of sp³-hybridized carbons (Fsp3) is 0.333. The minimum Gasteiger partial charge on any atom is -0.481 e. The van der Waals surface area contributed by atoms with Crippen LogP contribution in [0.1, 0.15) is 30.7 Å². The first-order valence-electron chi connectivity index (χ1n) is 5.25. The summed E-state index contributed by atoms with van der Waals surface area (Å²) in [6, 6.07) is 5.77. The first-order chi connectivity index (χ1) is 7.59. The van der Waals surface area contributed by atoms with Crippen molar-refractivity contribution in [3.63, 3.8) is 0 Å². The first kappa shape index (κ1) is 10.7. The van der Waals surface area contributed by atoms with Gasteiger partial charge in [-0.25, -0.2) is 4.98 Å². The molecule has 0 radical (unpaired) electrons. The van der Waals surface area contributed by atoms with Crippen LogP contribution in [0, 0.1) is 6.92 Å². The highest BCUT2D eigenvalue weighted by atomic mass is 16.4. The second-order valence-electron chi connectivity index (χ2n) is 4.01. The third-order valence-corrected chi connectivity index (χ3v) is 2.70. The molecule has 1 N–H and O–H groups in total. The number of hydrogen-bond acceptors (Lipinski definition) is 2. The molecule has 0 aliphatic carbocycles. The van der Waals surface area contributed by atoms with Crippen LogP contribution in [-0.2, 0) is 4.79 Å². The minimum atomic E-state index is -0.780. The van der Waals surface area contributed by atoms with Crippen LogP contribution in [0.25, 0.3) is 5.65 Å². The molecule has 84 valence electrons. The van der Waals surface area contributed by atoms with E-state index in [-0.39, 0.29) is 12.3 Å². The molecule has 2 aromatic heterocycles. The predicted molar refractivity (Wildman–Crippen MR) is 60.6 cm³/mol. The molecule has 16 heavy (non-hydrogen) atoms. The van der Waals surface area contributed by atoms with Gasteiger partial charge >= 0.3 is 5.97 Å². The number of pyridine rings is 1. The van der Waals surface area contributed by atoms with Gasteiger partial charge in [0.15, 0.2) is 0 Å². The maximum absolute atomic E-state index is 10.7. The normalized spacial score (nSPS) is 12.9. The van der Waals surface area contributed by atoms with Crippen LogP contribution in [0.2, 0.25) is 0 Å². The molecule has 0 bridgehead atoms. The molecule has 1 atom stereocenters. The molecule has 0 saturated carbocycles. The number of aryl methyl sites for hydroxylation is 1. The van der Waals surface area contributed by atoms with E-state index < -0.39 is 5.97 Å². The predicted octanol–water partition coefficient (Wildman–Crippen LogP) is 2.22. The first-order valence-corrected chi connectivity index (χ1v) is 5.25. The zero-order chi connectivity index (χ0) is 11.7. The number of aromatic nitrogens is 2. The van der Waals surface area contributed by atoms with Gasteiger partial charge in [0.25, 0.3) is 0 Å². The van der Waals surface area contributed by atoms with E-state index in [9.17, 15) is 4.79 Å². The van der Waals surface area contributed by atoms with Gasteiger partial charge in [-0.2, -0.15) is 0 Å². The maximum Gasteiger partial charge on any atom is 0.304 e. The molecule has 2 rings (SSSR count). The van der Waals surface area contributed by atoms with Crippen LogP contribution in [0.3, 0.4) is 0 Å². The molecule has 2 aromatic rings. The van der Waals surface area contributed by atoms with Crippen LogP contribution >= 0.6 is 0 Å². The summed E-state index contributed by atoms with van der Waals surface area (Å²) in [6.07, 6.45) is 2.05. The number of hydrogen-bond donors (Lipinski definition) is 1. The van der Waals surface area contributed by atoms with Crippen molar-refractivity contribution >= 4 is 11.6 Å². The summed E-state index contributed by atoms with van der Waals surface area (Å²) in [4.78, 5) is 15.1. The van der Waals surface area contributed by atoms with E-state index in [0.717, 1.165) is 17.0 Å². The Morgan fingerprint density at radius 1 is 1.56 bits per heavy atom. The van der Waals surface area contributed by atoms with Gasteiger partial charge in [0.05, 0.1) is 12.1 Å². The molecule has 4 nitrogen and oxygen atoms in total. The van der Waals surface area contributed by atoms with Crippen molar-refractivity contribution in [3.05, 3.63) is 35.8 Å². The molecular formula is C12H14N2O2.